The van der Waals surface area contributed by atoms with E-state index in [4.69, 9.17) is 14.3 Å². The van der Waals surface area contributed by atoms with Gasteiger partial charge in [0.25, 0.3) is 11.5 Å². The van der Waals surface area contributed by atoms with Crippen LogP contribution in [0, 0.1) is 0 Å². The molecule has 1 fully saturated rings. The van der Waals surface area contributed by atoms with Gasteiger partial charge < -0.3 is 19.4 Å². The van der Waals surface area contributed by atoms with Gasteiger partial charge in [-0.25, -0.2) is 10.5 Å². The molecule has 0 unspecified atom stereocenters. The third kappa shape index (κ3) is 5.84. The predicted octanol–water partition coefficient (Wildman–Crippen LogP) is 2.52. The normalized spacial score (nSPS) is 14.1. The van der Waals surface area contributed by atoms with Crippen LogP contribution in [-0.2, 0) is 16.1 Å². The molecule has 0 aliphatic carbocycles. The average molecular weight is 496 g/mol. The van der Waals surface area contributed by atoms with E-state index in [1.165, 1.54) is 7.11 Å². The number of carbonyl (C=O) groups is 1. The van der Waals surface area contributed by atoms with E-state index < -0.39 is 5.91 Å². The van der Waals surface area contributed by atoms with Gasteiger partial charge in [0.2, 0.25) is 0 Å². The number of amides is 1. The lowest BCUT2D eigenvalue weighted by Gasteiger charge is -2.26. The van der Waals surface area contributed by atoms with Crippen LogP contribution in [0.5, 0.6) is 5.75 Å². The molecule has 3 heterocycles. The number of pyridine rings is 2. The van der Waals surface area contributed by atoms with Crippen molar-refractivity contribution in [3.05, 3.63) is 52.4 Å². The number of anilines is 1. The summed E-state index contributed by atoms with van der Waals surface area (Å²) < 4.78 is 12.5. The SMILES string of the molecule is CCONC(=O)c1cc(OC)cc(-c2cc3cnc(NCCN4CCOCC4)cc3n(CC)c2=O)c1. The third-order valence-corrected chi connectivity index (χ3v) is 6.16. The van der Waals surface area contributed by atoms with Gasteiger partial charge in [0, 0.05) is 61.5 Å². The van der Waals surface area contributed by atoms with Crippen LogP contribution in [0.3, 0.4) is 0 Å². The Bertz CT molecular complexity index is 1270. The quantitative estimate of drug-likeness (QED) is 0.413. The molecule has 0 bridgehead atoms. The maximum absolute atomic E-state index is 13.5. The summed E-state index contributed by atoms with van der Waals surface area (Å²) in [5, 5.41) is 4.20. The van der Waals surface area contributed by atoms with Crippen LogP contribution in [-0.4, -0.2) is 73.5 Å². The second kappa shape index (κ2) is 12.0. The van der Waals surface area contributed by atoms with Crippen molar-refractivity contribution in [1.82, 2.24) is 19.9 Å². The van der Waals surface area contributed by atoms with Crippen LogP contribution in [0.25, 0.3) is 22.0 Å². The lowest BCUT2D eigenvalue weighted by Crippen LogP contribution is -2.39. The molecule has 192 valence electrons. The Hall–Kier alpha value is -3.47. The molecule has 2 aromatic heterocycles. The van der Waals surface area contributed by atoms with Crippen molar-refractivity contribution in [3.8, 4) is 16.9 Å². The maximum atomic E-state index is 13.5. The molecule has 0 radical (unpaired) electrons. The molecular formula is C26H33N5O5. The van der Waals surface area contributed by atoms with Gasteiger partial charge in [-0.05, 0) is 43.7 Å². The highest BCUT2D eigenvalue weighted by molar-refractivity contribution is 5.96. The molecule has 36 heavy (non-hydrogen) atoms. The smallest absolute Gasteiger partial charge is 0.274 e. The number of hydrogen-bond donors (Lipinski definition) is 2. The first-order valence-corrected chi connectivity index (χ1v) is 12.2. The van der Waals surface area contributed by atoms with E-state index in [2.05, 4.69) is 20.7 Å². The number of methoxy groups -OCH3 is 1. The molecule has 10 heteroatoms. The number of aromatic nitrogens is 2. The fourth-order valence-electron chi connectivity index (χ4n) is 4.26. The molecule has 1 aliphatic heterocycles. The Balaban J connectivity index is 1.64. The van der Waals surface area contributed by atoms with Crippen molar-refractivity contribution in [2.24, 2.45) is 0 Å². The lowest BCUT2D eigenvalue weighted by molar-refractivity contribution is 0.0364. The number of nitrogens with zero attached hydrogens (tertiary/aromatic N) is 3. The number of rotatable bonds is 10. The zero-order chi connectivity index (χ0) is 25.5. The monoisotopic (exact) mass is 495 g/mol. The summed E-state index contributed by atoms with van der Waals surface area (Å²) >= 11 is 0. The fourth-order valence-corrected chi connectivity index (χ4v) is 4.26. The van der Waals surface area contributed by atoms with Crippen LogP contribution in [0.15, 0.2) is 41.3 Å². The topological polar surface area (TPSA) is 107 Å². The van der Waals surface area contributed by atoms with Crippen molar-refractivity contribution in [2.75, 3.05) is 58.4 Å². The van der Waals surface area contributed by atoms with E-state index in [0.29, 0.717) is 35.6 Å². The molecule has 1 saturated heterocycles. The first-order chi connectivity index (χ1) is 17.5. The molecule has 2 N–H and O–H groups in total. The molecule has 1 aromatic carbocycles. The highest BCUT2D eigenvalue weighted by atomic mass is 16.6. The second-order valence-corrected chi connectivity index (χ2v) is 8.43. The first-order valence-electron chi connectivity index (χ1n) is 12.2. The largest absolute Gasteiger partial charge is 0.497 e. The summed E-state index contributed by atoms with van der Waals surface area (Å²) in [6.45, 7) is 9.60. The fraction of sp³-hybridized carbons (Fsp3) is 0.423. The number of hydroxylamine groups is 1. The van der Waals surface area contributed by atoms with Gasteiger partial charge in [0.1, 0.15) is 11.6 Å². The number of hydrogen-bond acceptors (Lipinski definition) is 8. The molecule has 10 nitrogen and oxygen atoms in total. The lowest BCUT2D eigenvalue weighted by atomic mass is 10.0. The zero-order valence-corrected chi connectivity index (χ0v) is 21.0. The Morgan fingerprint density at radius 3 is 2.67 bits per heavy atom. The van der Waals surface area contributed by atoms with Crippen molar-refractivity contribution in [2.45, 2.75) is 20.4 Å². The summed E-state index contributed by atoms with van der Waals surface area (Å²) in [6, 6.07) is 8.74. The van der Waals surface area contributed by atoms with Gasteiger partial charge >= 0.3 is 0 Å². The summed E-state index contributed by atoms with van der Waals surface area (Å²) in [7, 11) is 1.52. The number of aryl methyl sites for hydroxylation is 1. The molecule has 0 atom stereocenters. The van der Waals surface area contributed by atoms with E-state index in [1.54, 1.807) is 35.9 Å². The van der Waals surface area contributed by atoms with Crippen LogP contribution in [0.4, 0.5) is 5.82 Å². The minimum Gasteiger partial charge on any atom is -0.497 e. The molecule has 1 amide bonds. The number of carbonyl (C=O) groups excluding carboxylic acids is 1. The molecular weight excluding hydrogens is 462 g/mol. The summed E-state index contributed by atoms with van der Waals surface area (Å²) in [5.74, 6) is 0.777. The van der Waals surface area contributed by atoms with Crippen molar-refractivity contribution >= 4 is 22.6 Å². The summed E-state index contributed by atoms with van der Waals surface area (Å²) in [5.41, 5.74) is 4.41. The van der Waals surface area contributed by atoms with E-state index in [1.807, 2.05) is 19.1 Å². The van der Waals surface area contributed by atoms with Crippen LogP contribution in [0.2, 0.25) is 0 Å². The van der Waals surface area contributed by atoms with Gasteiger partial charge in [-0.2, -0.15) is 0 Å². The highest BCUT2D eigenvalue weighted by Crippen LogP contribution is 2.27. The van der Waals surface area contributed by atoms with Gasteiger partial charge in [0.15, 0.2) is 0 Å². The van der Waals surface area contributed by atoms with Crippen LogP contribution in [0.1, 0.15) is 24.2 Å². The van der Waals surface area contributed by atoms with Crippen LogP contribution >= 0.6 is 0 Å². The van der Waals surface area contributed by atoms with Crippen LogP contribution < -0.4 is 21.1 Å². The molecule has 0 spiro atoms. The molecule has 0 saturated carbocycles. The minimum atomic E-state index is -0.414. The van der Waals surface area contributed by atoms with Crippen molar-refractivity contribution < 1.29 is 19.1 Å². The van der Waals surface area contributed by atoms with E-state index in [-0.39, 0.29) is 5.56 Å². The summed E-state index contributed by atoms with van der Waals surface area (Å²) in [6.07, 6.45) is 1.77. The predicted molar refractivity (Wildman–Crippen MR) is 139 cm³/mol. The number of ether oxygens (including phenoxy) is 2. The number of morpholine rings is 1. The Morgan fingerprint density at radius 1 is 1.14 bits per heavy atom. The Morgan fingerprint density at radius 2 is 1.94 bits per heavy atom. The first kappa shape index (κ1) is 25.6. The Kier molecular flexibility index (Phi) is 8.52. The van der Waals surface area contributed by atoms with Gasteiger partial charge in [0.05, 0.1) is 32.4 Å². The minimum absolute atomic E-state index is 0.153. The highest BCUT2D eigenvalue weighted by Gasteiger charge is 2.16. The van der Waals surface area contributed by atoms with Crippen molar-refractivity contribution in [3.63, 3.8) is 0 Å². The molecule has 4 rings (SSSR count). The zero-order valence-electron chi connectivity index (χ0n) is 21.0. The van der Waals surface area contributed by atoms with Gasteiger partial charge in [-0.3, -0.25) is 19.3 Å². The molecule has 3 aromatic rings. The van der Waals surface area contributed by atoms with Gasteiger partial charge in [-0.15, -0.1) is 0 Å². The Labute approximate surface area is 210 Å². The van der Waals surface area contributed by atoms with E-state index in [0.717, 1.165) is 56.1 Å². The number of benzene rings is 1. The second-order valence-electron chi connectivity index (χ2n) is 8.43. The summed E-state index contributed by atoms with van der Waals surface area (Å²) in [4.78, 5) is 38.0. The average Bonchev–Trinajstić information content (AvgIpc) is 2.91. The standard InChI is InChI=1S/C26H33N5O5/c1-4-31-23-16-24(27-6-7-30-8-10-35-11-9-30)28-17-20(23)15-22(26(31)33)18-12-19(14-21(13-18)34-3)25(32)29-36-5-2/h12-17H,4-11H2,1-3H3,(H,27,28)(H,29,32). The maximum Gasteiger partial charge on any atom is 0.274 e. The van der Waals surface area contributed by atoms with Crippen molar-refractivity contribution in [1.29, 1.82) is 0 Å². The molecule has 1 aliphatic rings. The van der Waals surface area contributed by atoms with E-state index in [9.17, 15) is 9.59 Å². The number of fused-ring (bicyclic) bond motifs is 1. The number of nitrogens with one attached hydrogen (secondary N) is 2. The van der Waals surface area contributed by atoms with E-state index >= 15 is 0 Å². The third-order valence-electron chi connectivity index (χ3n) is 6.16. The van der Waals surface area contributed by atoms with Gasteiger partial charge in [-0.1, -0.05) is 0 Å².